The van der Waals surface area contributed by atoms with Crippen LogP contribution in [0.5, 0.6) is 0 Å². The monoisotopic (exact) mass is 486 g/mol. The van der Waals surface area contributed by atoms with Crippen LogP contribution in [0.2, 0.25) is 0 Å². The van der Waals surface area contributed by atoms with E-state index in [4.69, 9.17) is 4.78 Å². The van der Waals surface area contributed by atoms with E-state index < -0.39 is 27.5 Å². The second-order valence-electron chi connectivity index (χ2n) is 8.84. The molecule has 2 unspecified atom stereocenters. The standard InChI is InChI=1S/C25H28F2N4O2S/c1-16(8-9-17-6-4-3-5-7-17)22-13-11-19-23(34(28,33)30-22)15-31(2)24(19)25(32)29-18-10-12-20(26)21(27)14-18/h3-7,10,12,14-16,22H,8-9,11,13H2,1-2H3,(H,29,32)(H2,28,30,33)/t16-,22?,34?/m0/s1. The third-order valence-electron chi connectivity index (χ3n) is 6.39. The number of fused-ring (bicyclic) bond motifs is 1. The minimum absolute atomic E-state index is 0.115. The van der Waals surface area contributed by atoms with Gasteiger partial charge in [0.1, 0.15) is 15.6 Å². The molecule has 0 saturated carbocycles. The van der Waals surface area contributed by atoms with E-state index in [9.17, 15) is 17.8 Å². The Bertz CT molecular complexity index is 1310. The molecule has 0 bridgehead atoms. The van der Waals surface area contributed by atoms with Crippen molar-refractivity contribution in [1.29, 1.82) is 4.78 Å². The summed E-state index contributed by atoms with van der Waals surface area (Å²) in [6.45, 7) is 2.09. The SMILES string of the molecule is C[C@@H](CCc1ccccc1)C1CCc2c(cn(C)c2C(=O)Nc2ccc(F)c(F)c2)S(=N)(=O)N1. The zero-order valence-corrected chi connectivity index (χ0v) is 19.9. The van der Waals surface area contributed by atoms with Gasteiger partial charge in [0.25, 0.3) is 5.91 Å². The molecule has 1 aliphatic heterocycles. The maximum Gasteiger partial charge on any atom is 0.272 e. The molecule has 3 aromatic rings. The Balaban J connectivity index is 1.53. The van der Waals surface area contributed by atoms with Gasteiger partial charge in [-0.05, 0) is 49.3 Å². The summed E-state index contributed by atoms with van der Waals surface area (Å²) in [7, 11) is -1.69. The van der Waals surface area contributed by atoms with Crippen LogP contribution in [0, 0.1) is 22.3 Å². The molecule has 0 radical (unpaired) electrons. The molecule has 3 atom stereocenters. The summed E-state index contributed by atoms with van der Waals surface area (Å²) >= 11 is 0. The molecule has 0 spiro atoms. The number of carbonyl (C=O) groups excluding carboxylic acids is 1. The maximum absolute atomic E-state index is 13.6. The van der Waals surface area contributed by atoms with E-state index in [-0.39, 0.29) is 23.3 Å². The highest BCUT2D eigenvalue weighted by atomic mass is 32.2. The number of hydrogen-bond donors (Lipinski definition) is 3. The van der Waals surface area contributed by atoms with E-state index in [1.807, 2.05) is 18.2 Å². The summed E-state index contributed by atoms with van der Waals surface area (Å²) in [5.74, 6) is -2.42. The Hall–Kier alpha value is -3.04. The summed E-state index contributed by atoms with van der Waals surface area (Å²) in [5.41, 5.74) is 2.16. The number of nitrogens with zero attached hydrogens (tertiary/aromatic N) is 1. The van der Waals surface area contributed by atoms with Crippen LogP contribution < -0.4 is 10.0 Å². The number of nitrogens with one attached hydrogen (secondary N) is 3. The van der Waals surface area contributed by atoms with Crippen molar-refractivity contribution in [1.82, 2.24) is 9.29 Å². The van der Waals surface area contributed by atoms with Crippen LogP contribution in [-0.4, -0.2) is 20.7 Å². The second kappa shape index (κ2) is 9.68. The van der Waals surface area contributed by atoms with Gasteiger partial charge in [-0.25, -0.2) is 22.5 Å². The number of carbonyl (C=O) groups is 1. The van der Waals surface area contributed by atoms with Crippen molar-refractivity contribution in [3.8, 4) is 0 Å². The van der Waals surface area contributed by atoms with Crippen molar-refractivity contribution in [3.63, 3.8) is 0 Å². The number of benzene rings is 2. The molecule has 180 valence electrons. The summed E-state index contributed by atoms with van der Waals surface area (Å²) < 4.78 is 53.3. The van der Waals surface area contributed by atoms with Crippen molar-refractivity contribution in [2.24, 2.45) is 13.0 Å². The van der Waals surface area contributed by atoms with Gasteiger partial charge in [-0.2, -0.15) is 0 Å². The first-order chi connectivity index (χ1) is 16.2. The first kappa shape index (κ1) is 24.1. The van der Waals surface area contributed by atoms with E-state index in [1.165, 1.54) is 16.2 Å². The average Bonchev–Trinajstić information content (AvgIpc) is 3.09. The van der Waals surface area contributed by atoms with Crippen LogP contribution >= 0.6 is 0 Å². The van der Waals surface area contributed by atoms with Gasteiger partial charge in [-0.1, -0.05) is 37.3 Å². The van der Waals surface area contributed by atoms with Crippen LogP contribution in [0.3, 0.4) is 0 Å². The van der Waals surface area contributed by atoms with Gasteiger partial charge in [0.05, 0.1) is 4.90 Å². The zero-order chi connectivity index (χ0) is 24.5. The summed E-state index contributed by atoms with van der Waals surface area (Å²) in [6.07, 6.45) is 4.40. The van der Waals surface area contributed by atoms with Crippen molar-refractivity contribution >= 4 is 21.5 Å². The number of aromatic nitrogens is 1. The molecular weight excluding hydrogens is 458 g/mol. The van der Waals surface area contributed by atoms with E-state index >= 15 is 0 Å². The number of aryl methyl sites for hydroxylation is 2. The minimum atomic E-state index is -3.34. The quantitative estimate of drug-likeness (QED) is 0.455. The van der Waals surface area contributed by atoms with Crippen LogP contribution in [0.15, 0.2) is 59.6 Å². The number of anilines is 1. The number of halogens is 2. The van der Waals surface area contributed by atoms with Gasteiger partial charge in [0.15, 0.2) is 11.6 Å². The molecule has 2 aromatic carbocycles. The van der Waals surface area contributed by atoms with Gasteiger partial charge in [-0.3, -0.25) is 4.79 Å². The first-order valence-corrected chi connectivity index (χ1v) is 12.8. The Morgan fingerprint density at radius 2 is 1.97 bits per heavy atom. The van der Waals surface area contributed by atoms with E-state index in [1.54, 1.807) is 13.2 Å². The molecular formula is C25H28F2N4O2S. The molecule has 3 N–H and O–H groups in total. The van der Waals surface area contributed by atoms with Gasteiger partial charge in [0, 0.05) is 36.6 Å². The molecule has 6 nitrogen and oxygen atoms in total. The summed E-state index contributed by atoms with van der Waals surface area (Å²) in [4.78, 5) is 13.3. The largest absolute Gasteiger partial charge is 0.345 e. The number of amides is 1. The van der Waals surface area contributed by atoms with Crippen LogP contribution in [0.4, 0.5) is 14.5 Å². The topological polar surface area (TPSA) is 87.0 Å². The molecule has 1 aromatic heterocycles. The molecule has 0 saturated heterocycles. The normalized spacial score (nSPS) is 20.9. The Morgan fingerprint density at radius 1 is 1.24 bits per heavy atom. The lowest BCUT2D eigenvalue weighted by atomic mass is 9.91. The Labute approximate surface area is 198 Å². The van der Waals surface area contributed by atoms with E-state index in [0.717, 1.165) is 25.0 Å². The van der Waals surface area contributed by atoms with Crippen molar-refractivity contribution in [2.75, 3.05) is 5.32 Å². The van der Waals surface area contributed by atoms with Crippen molar-refractivity contribution < 1.29 is 17.8 Å². The predicted octanol–water partition coefficient (Wildman–Crippen LogP) is 5.05. The molecule has 1 amide bonds. The molecule has 0 aliphatic carbocycles. The fourth-order valence-electron chi connectivity index (χ4n) is 4.47. The fraction of sp³-hybridized carbons (Fsp3) is 0.320. The highest BCUT2D eigenvalue weighted by Gasteiger charge is 2.32. The number of rotatable bonds is 6. The first-order valence-electron chi connectivity index (χ1n) is 11.2. The molecule has 9 heteroatoms. The molecule has 2 heterocycles. The third kappa shape index (κ3) is 5.05. The lowest BCUT2D eigenvalue weighted by Gasteiger charge is -2.24. The van der Waals surface area contributed by atoms with Crippen molar-refractivity contribution in [2.45, 2.75) is 43.5 Å². The predicted molar refractivity (Wildman–Crippen MR) is 128 cm³/mol. The zero-order valence-electron chi connectivity index (χ0n) is 19.1. The van der Waals surface area contributed by atoms with Crippen LogP contribution in [-0.2, 0) is 29.8 Å². The van der Waals surface area contributed by atoms with Crippen molar-refractivity contribution in [3.05, 3.63) is 83.2 Å². The minimum Gasteiger partial charge on any atom is -0.345 e. The lowest BCUT2D eigenvalue weighted by molar-refractivity contribution is 0.101. The smallest absolute Gasteiger partial charge is 0.272 e. The highest BCUT2D eigenvalue weighted by Crippen LogP contribution is 2.31. The Kier molecular flexibility index (Phi) is 6.86. The molecule has 0 fully saturated rings. The third-order valence-corrected chi connectivity index (χ3v) is 8.00. The second-order valence-corrected chi connectivity index (χ2v) is 10.6. The van der Waals surface area contributed by atoms with Gasteiger partial charge >= 0.3 is 0 Å². The number of hydrogen-bond acceptors (Lipinski definition) is 3. The molecule has 1 aliphatic rings. The fourth-order valence-corrected chi connectivity index (χ4v) is 6.23. The maximum atomic E-state index is 13.6. The summed E-state index contributed by atoms with van der Waals surface area (Å²) in [5, 5.41) is 2.58. The molecule has 4 rings (SSSR count). The van der Waals surface area contributed by atoms with E-state index in [2.05, 4.69) is 29.1 Å². The van der Waals surface area contributed by atoms with Crippen LogP contribution in [0.25, 0.3) is 0 Å². The molecule has 34 heavy (non-hydrogen) atoms. The summed E-state index contributed by atoms with van der Waals surface area (Å²) in [6, 6.07) is 13.1. The Morgan fingerprint density at radius 3 is 2.68 bits per heavy atom. The van der Waals surface area contributed by atoms with Gasteiger partial charge in [0.2, 0.25) is 0 Å². The van der Waals surface area contributed by atoms with Crippen LogP contribution in [0.1, 0.15) is 41.4 Å². The van der Waals surface area contributed by atoms with Gasteiger partial charge in [-0.15, -0.1) is 0 Å². The lowest BCUT2D eigenvalue weighted by Crippen LogP contribution is -2.37. The highest BCUT2D eigenvalue weighted by molar-refractivity contribution is 7.90. The van der Waals surface area contributed by atoms with E-state index in [0.29, 0.717) is 23.3 Å². The average molecular weight is 487 g/mol. The van der Waals surface area contributed by atoms with Gasteiger partial charge < -0.3 is 9.88 Å².